The molecule has 3 aliphatic rings. The summed E-state index contributed by atoms with van der Waals surface area (Å²) >= 11 is 0. The van der Waals surface area contributed by atoms with Crippen LogP contribution in [0.15, 0.2) is 0 Å². The van der Waals surface area contributed by atoms with E-state index < -0.39 is 123 Å². The lowest BCUT2D eigenvalue weighted by Gasteiger charge is -2.40. The molecule has 0 aromatic rings. The third-order valence-electron chi connectivity index (χ3n) is 19.1. The van der Waals surface area contributed by atoms with Crippen molar-refractivity contribution >= 4 is 47.1 Å². The van der Waals surface area contributed by atoms with Crippen LogP contribution in [0.5, 0.6) is 0 Å². The maximum atomic E-state index is 14.0. The van der Waals surface area contributed by atoms with E-state index in [1.807, 2.05) is 0 Å². The van der Waals surface area contributed by atoms with Crippen LogP contribution in [0.1, 0.15) is 234 Å². The summed E-state index contributed by atoms with van der Waals surface area (Å²) in [6, 6.07) is 0. The van der Waals surface area contributed by atoms with Crippen molar-refractivity contribution in [1.29, 1.82) is 0 Å². The van der Waals surface area contributed by atoms with Crippen LogP contribution in [-0.2, 0) is 71.5 Å². The number of rotatable bonds is 58. The first kappa shape index (κ1) is 97.4. The average Bonchev–Trinajstić information content (AvgIpc) is 0.835. The first-order chi connectivity index (χ1) is 50.7. The van der Waals surface area contributed by atoms with Crippen LogP contribution in [0, 0.1) is 23.7 Å². The number of carbonyl (C=O) groups excluding carboxylic acids is 8. The number of hydrogen-bond donors (Lipinski definition) is 16. The molecule has 3 heterocycles. The molecular formula is C75H139N7O24. The van der Waals surface area contributed by atoms with E-state index in [9.17, 15) is 84.3 Å². The number of hydrogen-bond acceptors (Lipinski definition) is 24. The Morgan fingerprint density at radius 3 is 0.962 bits per heavy atom. The van der Waals surface area contributed by atoms with Gasteiger partial charge in [0.25, 0.3) is 0 Å². The molecule has 15 atom stereocenters. The number of unbranched alkanes of at least 4 members (excludes halogenated alkanes) is 10. The zero-order chi connectivity index (χ0) is 78.7. The van der Waals surface area contributed by atoms with Crippen molar-refractivity contribution in [3.8, 4) is 0 Å². The minimum Gasteiger partial charge on any atom is -0.394 e. The fourth-order valence-corrected chi connectivity index (χ4v) is 12.3. The van der Waals surface area contributed by atoms with Gasteiger partial charge in [0.2, 0.25) is 41.4 Å². The Hall–Kier alpha value is -4.68. The quantitative estimate of drug-likeness (QED) is 0.0389. The topological polar surface area (TPSA) is 467 Å². The number of nitrogens with one attached hydrogen (secondary N) is 7. The van der Waals surface area contributed by atoms with Crippen LogP contribution >= 0.6 is 0 Å². The molecule has 3 rings (SSSR count). The van der Waals surface area contributed by atoms with Gasteiger partial charge in [0.1, 0.15) is 42.4 Å². The van der Waals surface area contributed by atoms with Gasteiger partial charge in [-0.15, -0.1) is 0 Å². The predicted octanol–water partition coefficient (Wildman–Crippen LogP) is 2.39. The summed E-state index contributed by atoms with van der Waals surface area (Å²) < 4.78 is 39.2. The Bertz CT molecular complexity index is 2190. The fourth-order valence-electron chi connectivity index (χ4n) is 12.3. The van der Waals surface area contributed by atoms with Gasteiger partial charge in [-0.05, 0) is 109 Å². The maximum Gasteiger partial charge on any atom is 0.220 e. The summed E-state index contributed by atoms with van der Waals surface area (Å²) in [7, 11) is 1.65. The van der Waals surface area contributed by atoms with Gasteiger partial charge in [-0.3, -0.25) is 38.4 Å². The first-order valence-electron chi connectivity index (χ1n) is 39.4. The lowest BCUT2D eigenvalue weighted by molar-refractivity contribution is -0.282. The fraction of sp³-hybridized carbons (Fsp3) is 0.893. The lowest BCUT2D eigenvalue weighted by Crippen LogP contribution is -2.55. The molecule has 618 valence electrons. The third-order valence-corrected chi connectivity index (χ3v) is 19.1. The van der Waals surface area contributed by atoms with Gasteiger partial charge >= 0.3 is 0 Å². The standard InChI is InChI=1S/C71H129N7O24.C4H10/c1-48-62(90)65(93)52(45-79)100-68(48)97-42-17-7-10-24-55(83)73-36-15-13-23-51(82)29-32-71(78-61(89)28-20-27-58(86)72-35-14-5-6-16-41-96-4,33-30-59(87)76-39-21-37-74-56(84)25-11-8-18-43-98-69-49(2)63(91)66(94)53(46-80)101-69)34-31-60(88)77-40-22-38-75-57(85)26-12-9-19-44-99-70-50(3)64(92)67(95)54(47-81)102-70;1-4(2)3/h48-50,52-54,62-70,79-81,90-95H,5-47H2,1-4H3,(H,72,86)(H,73,83)(H,74,84)(H,75,85)(H,76,87)(H,77,88)(H,78,89);4H,1-3H3/t48?,49?,50?,52?,53?,54?,62-,63-,64-,65+,66+,67+,68-,69-,70-,71?;/m1./s1. The molecule has 0 saturated carbocycles. The highest BCUT2D eigenvalue weighted by Crippen LogP contribution is 2.31. The molecule has 16 N–H and O–H groups in total. The molecular weight excluding hydrogens is 1380 g/mol. The summed E-state index contributed by atoms with van der Waals surface area (Å²) in [6.45, 7) is 13.6. The van der Waals surface area contributed by atoms with E-state index in [1.165, 1.54) is 0 Å². The molecule has 7 amide bonds. The van der Waals surface area contributed by atoms with E-state index in [1.54, 1.807) is 27.9 Å². The van der Waals surface area contributed by atoms with Gasteiger partial charge in [-0.2, -0.15) is 0 Å². The van der Waals surface area contributed by atoms with Crippen molar-refractivity contribution < 1.29 is 117 Å². The van der Waals surface area contributed by atoms with E-state index in [4.69, 9.17) is 33.2 Å². The number of methoxy groups -OCH3 is 1. The Balaban J connectivity index is 0.00000928. The Morgan fingerprint density at radius 1 is 0.340 bits per heavy atom. The normalized spacial score (nSPS) is 24.9. The van der Waals surface area contributed by atoms with Crippen LogP contribution in [0.3, 0.4) is 0 Å². The maximum absolute atomic E-state index is 14.0. The van der Waals surface area contributed by atoms with Crippen LogP contribution in [0.25, 0.3) is 0 Å². The van der Waals surface area contributed by atoms with E-state index in [0.717, 1.165) is 31.6 Å². The molecule has 3 fully saturated rings. The SMILES string of the molecule is CC(C)C.COCCCCCCNC(=O)CCCC(=O)NC(CCC(=O)CCCCNC(=O)CCCCCO[C@@H]1OC(CO)[C@H](O)[C@H](O)C1C)(CCC(=O)NCCCNC(=O)CCCCCO[C@@H]1OC(CO)[C@H](O)[C@H](O)C1C)CCC(=O)NCCCNC(=O)CCCCCO[C@@H]1OC(CO)[C@H](O)[C@H](O)C1C. The second kappa shape index (κ2) is 58.3. The number of ether oxygens (including phenoxy) is 7. The molecule has 0 radical (unpaired) electrons. The number of amides is 7. The monoisotopic (exact) mass is 1520 g/mol. The molecule has 3 aliphatic heterocycles. The summed E-state index contributed by atoms with van der Waals surface area (Å²) in [5, 5.41) is 110. The van der Waals surface area contributed by atoms with Gasteiger partial charge in [0.05, 0.1) is 38.1 Å². The highest BCUT2D eigenvalue weighted by atomic mass is 16.7. The molecule has 0 aromatic carbocycles. The minimum atomic E-state index is -1.22. The van der Waals surface area contributed by atoms with Crippen molar-refractivity contribution in [2.24, 2.45) is 23.7 Å². The van der Waals surface area contributed by atoms with Crippen molar-refractivity contribution in [1.82, 2.24) is 37.2 Å². The van der Waals surface area contributed by atoms with E-state index in [-0.39, 0.29) is 151 Å². The number of Topliss-reactive ketones (excluding diaryl/α,β-unsaturated/α-hetero) is 1. The van der Waals surface area contributed by atoms with Gasteiger partial charge in [-0.1, -0.05) is 73.6 Å². The van der Waals surface area contributed by atoms with Crippen molar-refractivity contribution in [3.05, 3.63) is 0 Å². The zero-order valence-corrected chi connectivity index (χ0v) is 64.8. The Kier molecular flexibility index (Phi) is 53.5. The van der Waals surface area contributed by atoms with Crippen molar-refractivity contribution in [3.63, 3.8) is 0 Å². The summed E-state index contributed by atoms with van der Waals surface area (Å²) in [4.78, 5) is 106. The van der Waals surface area contributed by atoms with Crippen LogP contribution in [-0.4, -0.2) is 265 Å². The van der Waals surface area contributed by atoms with Crippen LogP contribution in [0.2, 0.25) is 0 Å². The molecule has 106 heavy (non-hydrogen) atoms. The number of aliphatic hydroxyl groups is 9. The predicted molar refractivity (Wildman–Crippen MR) is 393 cm³/mol. The molecule has 31 nitrogen and oxygen atoms in total. The third kappa shape index (κ3) is 42.5. The summed E-state index contributed by atoms with van der Waals surface area (Å²) in [5.41, 5.74) is -1.22. The van der Waals surface area contributed by atoms with Gasteiger partial charge < -0.3 is 116 Å². The number of aliphatic hydroxyl groups excluding tert-OH is 9. The number of ketones is 1. The van der Waals surface area contributed by atoms with E-state index in [0.29, 0.717) is 123 Å². The van der Waals surface area contributed by atoms with Gasteiger partial charge in [-0.25, -0.2) is 0 Å². The second-order valence-corrected chi connectivity index (χ2v) is 29.4. The van der Waals surface area contributed by atoms with Crippen molar-refractivity contribution in [2.45, 2.75) is 314 Å². The lowest BCUT2D eigenvalue weighted by atomic mass is 9.82. The van der Waals surface area contributed by atoms with Gasteiger partial charge in [0, 0.05) is 154 Å². The molecule has 0 aliphatic carbocycles. The average molecular weight is 1520 g/mol. The van der Waals surface area contributed by atoms with Crippen LogP contribution < -0.4 is 37.2 Å². The van der Waals surface area contributed by atoms with Crippen molar-refractivity contribution in [2.75, 3.05) is 92.6 Å². The van der Waals surface area contributed by atoms with Crippen LogP contribution in [0.4, 0.5) is 0 Å². The Labute approximate surface area is 629 Å². The minimum absolute atomic E-state index is 0.000662. The summed E-state index contributed by atoms with van der Waals surface area (Å²) in [5.74, 6) is -2.61. The van der Waals surface area contributed by atoms with E-state index in [2.05, 4.69) is 58.0 Å². The highest BCUT2D eigenvalue weighted by Gasteiger charge is 2.45. The molecule has 0 aromatic heterocycles. The molecule has 0 bridgehead atoms. The molecule has 3 saturated heterocycles. The summed E-state index contributed by atoms with van der Waals surface area (Å²) in [6.07, 6.45) is 0.0546. The van der Waals surface area contributed by atoms with E-state index >= 15 is 0 Å². The highest BCUT2D eigenvalue weighted by molar-refractivity contribution is 5.82. The number of carbonyl (C=O) groups is 8. The zero-order valence-electron chi connectivity index (χ0n) is 64.8. The second-order valence-electron chi connectivity index (χ2n) is 29.4. The van der Waals surface area contributed by atoms with Gasteiger partial charge in [0.15, 0.2) is 18.9 Å². The molecule has 0 spiro atoms. The largest absolute Gasteiger partial charge is 0.394 e. The molecule has 6 unspecified atom stereocenters. The Morgan fingerprint density at radius 2 is 0.613 bits per heavy atom. The molecule has 31 heteroatoms. The smallest absolute Gasteiger partial charge is 0.220 e. The first-order valence-corrected chi connectivity index (χ1v) is 39.4.